The van der Waals surface area contributed by atoms with Gasteiger partial charge in [0.15, 0.2) is 0 Å². The monoisotopic (exact) mass is 321 g/mol. The summed E-state index contributed by atoms with van der Waals surface area (Å²) in [6.45, 7) is 2.20. The molecular formula is C16H20BrNO. The molecule has 0 spiro atoms. The van der Waals surface area contributed by atoms with E-state index in [1.54, 1.807) is 0 Å². The summed E-state index contributed by atoms with van der Waals surface area (Å²) in [7, 11) is 0. The Balaban J connectivity index is 1.84. The average Bonchev–Trinajstić information content (AvgIpc) is 2.74. The highest BCUT2D eigenvalue weighted by atomic mass is 79.9. The molecule has 2 nitrogen and oxygen atoms in total. The fourth-order valence-corrected chi connectivity index (χ4v) is 4.06. The molecule has 19 heavy (non-hydrogen) atoms. The van der Waals surface area contributed by atoms with E-state index in [-0.39, 0.29) is 5.91 Å². The molecule has 1 saturated carbocycles. The molecule has 3 unspecified atom stereocenters. The standard InChI is InChI=1S/C16H20BrNO/c1-11-10-13-4-2-3-5-15(13)18(11)16(19)12-6-8-14(17)9-7-12/h6-9,11,13,15H,2-5,10H2,1H3. The molecule has 1 aliphatic carbocycles. The molecule has 1 heterocycles. The number of benzene rings is 1. The molecule has 0 bridgehead atoms. The Bertz CT molecular complexity index is 470. The Morgan fingerprint density at radius 3 is 2.63 bits per heavy atom. The van der Waals surface area contributed by atoms with Crippen LogP contribution < -0.4 is 0 Å². The molecule has 2 fully saturated rings. The van der Waals surface area contributed by atoms with Crippen LogP contribution in [-0.2, 0) is 0 Å². The first kappa shape index (κ1) is 13.2. The molecular weight excluding hydrogens is 302 g/mol. The molecule has 0 radical (unpaired) electrons. The molecule has 0 N–H and O–H groups in total. The van der Waals surface area contributed by atoms with Gasteiger partial charge in [0.05, 0.1) is 0 Å². The van der Waals surface area contributed by atoms with E-state index >= 15 is 0 Å². The van der Waals surface area contributed by atoms with Crippen molar-refractivity contribution < 1.29 is 4.79 Å². The van der Waals surface area contributed by atoms with Gasteiger partial charge >= 0.3 is 0 Å². The smallest absolute Gasteiger partial charge is 0.254 e. The Labute approximate surface area is 123 Å². The Morgan fingerprint density at radius 2 is 1.89 bits per heavy atom. The molecule has 2 aliphatic rings. The second kappa shape index (κ2) is 5.28. The number of likely N-dealkylation sites (tertiary alicyclic amines) is 1. The van der Waals surface area contributed by atoms with Gasteiger partial charge in [-0.15, -0.1) is 0 Å². The van der Waals surface area contributed by atoms with E-state index in [9.17, 15) is 4.79 Å². The van der Waals surface area contributed by atoms with Crippen molar-refractivity contribution in [1.82, 2.24) is 4.90 Å². The van der Waals surface area contributed by atoms with Crippen molar-refractivity contribution >= 4 is 21.8 Å². The normalized spacial score (nSPS) is 30.2. The molecule has 1 aliphatic heterocycles. The summed E-state index contributed by atoms with van der Waals surface area (Å²) in [5.41, 5.74) is 0.821. The lowest BCUT2D eigenvalue weighted by Gasteiger charge is -2.33. The fourth-order valence-electron chi connectivity index (χ4n) is 3.80. The van der Waals surface area contributed by atoms with Crippen LogP contribution in [0.1, 0.15) is 49.4 Å². The van der Waals surface area contributed by atoms with Crippen molar-refractivity contribution in [2.24, 2.45) is 5.92 Å². The molecule has 3 rings (SSSR count). The Hall–Kier alpha value is -0.830. The zero-order valence-corrected chi connectivity index (χ0v) is 12.9. The zero-order valence-electron chi connectivity index (χ0n) is 11.3. The van der Waals surface area contributed by atoms with Crippen LogP contribution >= 0.6 is 15.9 Å². The second-order valence-electron chi connectivity index (χ2n) is 5.92. The van der Waals surface area contributed by atoms with Crippen molar-refractivity contribution in [2.75, 3.05) is 0 Å². The summed E-state index contributed by atoms with van der Waals surface area (Å²) in [6.07, 6.45) is 6.30. The molecule has 3 atom stereocenters. The summed E-state index contributed by atoms with van der Waals surface area (Å²) >= 11 is 3.42. The summed E-state index contributed by atoms with van der Waals surface area (Å²) < 4.78 is 1.02. The third-order valence-corrected chi connectivity index (χ3v) is 5.20. The van der Waals surface area contributed by atoms with Crippen molar-refractivity contribution in [3.63, 3.8) is 0 Å². The predicted octanol–water partition coefficient (Wildman–Crippen LogP) is 4.24. The Kier molecular flexibility index (Phi) is 3.66. The molecule has 3 heteroatoms. The summed E-state index contributed by atoms with van der Waals surface area (Å²) in [5, 5.41) is 0. The number of carbonyl (C=O) groups excluding carboxylic acids is 1. The molecule has 1 saturated heterocycles. The zero-order chi connectivity index (χ0) is 13.4. The number of rotatable bonds is 1. The van der Waals surface area contributed by atoms with E-state index in [0.717, 1.165) is 16.0 Å². The van der Waals surface area contributed by atoms with Crippen molar-refractivity contribution in [1.29, 1.82) is 0 Å². The minimum atomic E-state index is 0.217. The van der Waals surface area contributed by atoms with E-state index in [1.165, 1.54) is 32.1 Å². The third-order valence-electron chi connectivity index (χ3n) is 4.67. The van der Waals surface area contributed by atoms with E-state index in [0.29, 0.717) is 12.1 Å². The number of halogens is 1. The average molecular weight is 322 g/mol. The highest BCUT2D eigenvalue weighted by Crippen LogP contribution is 2.40. The Morgan fingerprint density at radius 1 is 1.21 bits per heavy atom. The first-order valence-corrected chi connectivity index (χ1v) is 8.04. The summed E-state index contributed by atoms with van der Waals surface area (Å²) in [6, 6.07) is 8.63. The van der Waals surface area contributed by atoms with Crippen LogP contribution in [0, 0.1) is 5.92 Å². The fraction of sp³-hybridized carbons (Fsp3) is 0.562. The summed E-state index contributed by atoms with van der Waals surface area (Å²) in [4.78, 5) is 14.9. The topological polar surface area (TPSA) is 20.3 Å². The molecule has 0 aromatic heterocycles. The minimum Gasteiger partial charge on any atom is -0.333 e. The lowest BCUT2D eigenvalue weighted by molar-refractivity contribution is 0.0633. The quantitative estimate of drug-likeness (QED) is 0.757. The maximum Gasteiger partial charge on any atom is 0.254 e. The largest absolute Gasteiger partial charge is 0.333 e. The number of fused-ring (bicyclic) bond motifs is 1. The molecule has 1 aromatic carbocycles. The molecule has 102 valence electrons. The van der Waals surface area contributed by atoms with E-state index < -0.39 is 0 Å². The molecule has 1 aromatic rings. The van der Waals surface area contributed by atoms with Gasteiger partial charge in [-0.25, -0.2) is 0 Å². The van der Waals surface area contributed by atoms with Crippen LogP contribution in [0.5, 0.6) is 0 Å². The van der Waals surface area contributed by atoms with Crippen molar-refractivity contribution in [2.45, 2.75) is 51.1 Å². The van der Waals surface area contributed by atoms with Gasteiger partial charge in [0, 0.05) is 22.1 Å². The second-order valence-corrected chi connectivity index (χ2v) is 6.83. The van der Waals surface area contributed by atoms with Gasteiger partial charge < -0.3 is 4.90 Å². The number of carbonyl (C=O) groups is 1. The van der Waals surface area contributed by atoms with Crippen LogP contribution in [0.4, 0.5) is 0 Å². The minimum absolute atomic E-state index is 0.217. The number of hydrogen-bond donors (Lipinski definition) is 0. The van der Waals surface area contributed by atoms with Crippen molar-refractivity contribution in [3.8, 4) is 0 Å². The van der Waals surface area contributed by atoms with Gasteiger partial charge in [-0.3, -0.25) is 4.79 Å². The summed E-state index contributed by atoms with van der Waals surface area (Å²) in [5.74, 6) is 0.956. The maximum absolute atomic E-state index is 12.7. The lowest BCUT2D eigenvalue weighted by Crippen LogP contribution is -2.42. The number of nitrogens with zero attached hydrogens (tertiary/aromatic N) is 1. The van der Waals surface area contributed by atoms with Gasteiger partial charge in [0.25, 0.3) is 5.91 Å². The highest BCUT2D eigenvalue weighted by Gasteiger charge is 2.42. The van der Waals surface area contributed by atoms with E-state index in [4.69, 9.17) is 0 Å². The van der Waals surface area contributed by atoms with Gasteiger partial charge in [0.2, 0.25) is 0 Å². The van der Waals surface area contributed by atoms with Crippen molar-refractivity contribution in [3.05, 3.63) is 34.3 Å². The maximum atomic E-state index is 12.7. The van der Waals surface area contributed by atoms with E-state index in [1.807, 2.05) is 24.3 Å². The van der Waals surface area contributed by atoms with E-state index in [2.05, 4.69) is 27.8 Å². The van der Waals surface area contributed by atoms with Crippen LogP contribution in [0.25, 0.3) is 0 Å². The SMILES string of the molecule is CC1CC2CCCCC2N1C(=O)c1ccc(Br)cc1. The van der Waals surface area contributed by atoms with Crippen LogP contribution in [-0.4, -0.2) is 22.9 Å². The molecule has 1 amide bonds. The number of hydrogen-bond acceptors (Lipinski definition) is 1. The highest BCUT2D eigenvalue weighted by molar-refractivity contribution is 9.10. The van der Waals surface area contributed by atoms with Crippen LogP contribution in [0.3, 0.4) is 0 Å². The van der Waals surface area contributed by atoms with Crippen LogP contribution in [0.15, 0.2) is 28.7 Å². The third kappa shape index (κ3) is 2.45. The first-order valence-electron chi connectivity index (χ1n) is 7.25. The van der Waals surface area contributed by atoms with Gasteiger partial charge in [-0.05, 0) is 56.4 Å². The van der Waals surface area contributed by atoms with Gasteiger partial charge in [0.1, 0.15) is 0 Å². The first-order chi connectivity index (χ1) is 9.16. The lowest BCUT2D eigenvalue weighted by atomic mass is 9.85. The number of amides is 1. The van der Waals surface area contributed by atoms with Gasteiger partial charge in [-0.2, -0.15) is 0 Å². The predicted molar refractivity (Wildman–Crippen MR) is 80.1 cm³/mol. The van der Waals surface area contributed by atoms with Crippen LogP contribution in [0.2, 0.25) is 0 Å². The van der Waals surface area contributed by atoms with Gasteiger partial charge in [-0.1, -0.05) is 28.8 Å².